The van der Waals surface area contributed by atoms with Gasteiger partial charge in [0.1, 0.15) is 0 Å². The molecule has 1 unspecified atom stereocenters. The second kappa shape index (κ2) is 8.49. The van der Waals surface area contributed by atoms with Crippen LogP contribution in [0.5, 0.6) is 0 Å². The van der Waals surface area contributed by atoms with Gasteiger partial charge in [-0.1, -0.05) is 49.3 Å². The number of amides is 1. The van der Waals surface area contributed by atoms with Crippen molar-refractivity contribution in [3.05, 3.63) is 52.3 Å². The first kappa shape index (κ1) is 18.7. The van der Waals surface area contributed by atoms with Crippen molar-refractivity contribution in [2.24, 2.45) is 5.92 Å². The summed E-state index contributed by atoms with van der Waals surface area (Å²) in [4.78, 5) is 21.0. The summed E-state index contributed by atoms with van der Waals surface area (Å²) in [5, 5.41) is 4.42. The molecular formula is C18H22ClN3OS. The first-order valence-corrected chi connectivity index (χ1v) is 9.21. The number of rotatable bonds is 6. The molecule has 0 fully saturated rings. The van der Waals surface area contributed by atoms with Crippen molar-refractivity contribution < 1.29 is 4.79 Å². The van der Waals surface area contributed by atoms with Crippen LogP contribution in [-0.2, 0) is 4.79 Å². The summed E-state index contributed by atoms with van der Waals surface area (Å²) >= 11 is 7.29. The largest absolute Gasteiger partial charge is 0.348 e. The number of halogens is 1. The zero-order chi connectivity index (χ0) is 17.7. The van der Waals surface area contributed by atoms with E-state index in [0.29, 0.717) is 15.9 Å². The summed E-state index contributed by atoms with van der Waals surface area (Å²) in [6, 6.07) is 9.46. The van der Waals surface area contributed by atoms with Crippen molar-refractivity contribution in [2.75, 3.05) is 5.75 Å². The molecule has 0 bridgehead atoms. The number of hydrogen-bond donors (Lipinski definition) is 1. The van der Waals surface area contributed by atoms with Crippen molar-refractivity contribution in [1.82, 2.24) is 15.3 Å². The van der Waals surface area contributed by atoms with Crippen LogP contribution in [0.3, 0.4) is 0 Å². The number of aryl methyl sites for hydroxylation is 2. The Bertz CT molecular complexity index is 684. The topological polar surface area (TPSA) is 54.9 Å². The second-order valence-corrected chi connectivity index (χ2v) is 7.44. The molecule has 2 aromatic rings. The molecule has 0 saturated carbocycles. The van der Waals surface area contributed by atoms with Gasteiger partial charge >= 0.3 is 0 Å². The Balaban J connectivity index is 1.99. The van der Waals surface area contributed by atoms with E-state index >= 15 is 0 Å². The highest BCUT2D eigenvalue weighted by Gasteiger charge is 2.18. The first-order chi connectivity index (χ1) is 11.3. The van der Waals surface area contributed by atoms with E-state index in [2.05, 4.69) is 29.1 Å². The molecule has 0 saturated heterocycles. The Hall–Kier alpha value is -1.59. The van der Waals surface area contributed by atoms with Crippen LogP contribution in [0.2, 0.25) is 5.02 Å². The number of nitrogens with zero attached hydrogens (tertiary/aromatic N) is 2. The second-order valence-electron chi connectivity index (χ2n) is 6.06. The van der Waals surface area contributed by atoms with Gasteiger partial charge in [0.25, 0.3) is 0 Å². The van der Waals surface area contributed by atoms with Crippen LogP contribution in [0, 0.1) is 19.8 Å². The molecule has 128 valence electrons. The molecule has 1 heterocycles. The molecule has 1 N–H and O–H groups in total. The van der Waals surface area contributed by atoms with E-state index in [-0.39, 0.29) is 17.9 Å². The monoisotopic (exact) mass is 363 g/mol. The molecule has 0 radical (unpaired) electrons. The number of carbonyl (C=O) groups excluding carboxylic acids is 1. The molecule has 0 spiro atoms. The van der Waals surface area contributed by atoms with E-state index in [4.69, 9.17) is 11.6 Å². The third-order valence-electron chi connectivity index (χ3n) is 3.51. The number of benzene rings is 1. The van der Waals surface area contributed by atoms with Gasteiger partial charge in [0.2, 0.25) is 5.91 Å². The summed E-state index contributed by atoms with van der Waals surface area (Å²) in [6.07, 6.45) is 0. The van der Waals surface area contributed by atoms with Gasteiger partial charge in [-0.2, -0.15) is 0 Å². The molecule has 0 aliphatic heterocycles. The van der Waals surface area contributed by atoms with Crippen molar-refractivity contribution in [3.8, 4) is 0 Å². The van der Waals surface area contributed by atoms with Gasteiger partial charge in [0, 0.05) is 16.4 Å². The van der Waals surface area contributed by atoms with E-state index in [1.54, 1.807) is 0 Å². The Morgan fingerprint density at radius 3 is 2.29 bits per heavy atom. The zero-order valence-electron chi connectivity index (χ0n) is 14.3. The molecule has 1 atom stereocenters. The minimum absolute atomic E-state index is 0.0311. The smallest absolute Gasteiger partial charge is 0.230 e. The lowest BCUT2D eigenvalue weighted by Crippen LogP contribution is -2.33. The fraction of sp³-hybridized carbons (Fsp3) is 0.389. The van der Waals surface area contributed by atoms with Gasteiger partial charge < -0.3 is 5.32 Å². The van der Waals surface area contributed by atoms with Gasteiger partial charge in [-0.15, -0.1) is 0 Å². The van der Waals surface area contributed by atoms with Crippen LogP contribution in [0.15, 0.2) is 35.5 Å². The zero-order valence-corrected chi connectivity index (χ0v) is 15.9. The van der Waals surface area contributed by atoms with Crippen molar-refractivity contribution in [1.29, 1.82) is 0 Å². The van der Waals surface area contributed by atoms with Crippen LogP contribution < -0.4 is 5.32 Å². The third kappa shape index (κ3) is 5.49. The Kier molecular flexibility index (Phi) is 6.63. The predicted molar refractivity (Wildman–Crippen MR) is 99.4 cm³/mol. The fourth-order valence-electron chi connectivity index (χ4n) is 2.41. The van der Waals surface area contributed by atoms with Crippen molar-refractivity contribution >= 4 is 29.3 Å². The highest BCUT2D eigenvalue weighted by molar-refractivity contribution is 7.99. The average Bonchev–Trinajstić information content (AvgIpc) is 2.50. The third-order valence-corrected chi connectivity index (χ3v) is 4.61. The predicted octanol–water partition coefficient (Wildman–Crippen LogP) is 4.35. The lowest BCUT2D eigenvalue weighted by Gasteiger charge is -2.23. The normalized spacial score (nSPS) is 12.2. The molecular weight excluding hydrogens is 342 g/mol. The number of carbonyl (C=O) groups is 1. The van der Waals surface area contributed by atoms with Gasteiger partial charge in [0.05, 0.1) is 11.8 Å². The molecule has 0 aliphatic rings. The van der Waals surface area contributed by atoms with Gasteiger partial charge in [-0.05, 0) is 43.5 Å². The lowest BCUT2D eigenvalue weighted by atomic mass is 9.96. The van der Waals surface area contributed by atoms with E-state index in [0.717, 1.165) is 17.0 Å². The molecule has 4 nitrogen and oxygen atoms in total. The molecule has 6 heteroatoms. The molecule has 24 heavy (non-hydrogen) atoms. The van der Waals surface area contributed by atoms with Gasteiger partial charge in [-0.25, -0.2) is 9.97 Å². The molecule has 0 aliphatic carbocycles. The minimum Gasteiger partial charge on any atom is -0.348 e. The van der Waals surface area contributed by atoms with Crippen LogP contribution in [0.25, 0.3) is 0 Å². The molecule has 1 amide bonds. The van der Waals surface area contributed by atoms with Crippen LogP contribution in [0.4, 0.5) is 0 Å². The van der Waals surface area contributed by atoms with Crippen LogP contribution in [0.1, 0.15) is 36.8 Å². The maximum atomic E-state index is 12.3. The minimum atomic E-state index is -0.0458. The standard InChI is InChI=1S/C18H22ClN3OS/c1-11(2)17(14-5-7-15(19)8-6-14)22-16(23)10-24-18-20-12(3)9-13(4)21-18/h5-9,11,17H,10H2,1-4H3,(H,22,23). The quantitative estimate of drug-likeness (QED) is 0.612. The van der Waals surface area contributed by atoms with Crippen molar-refractivity contribution in [3.63, 3.8) is 0 Å². The van der Waals surface area contributed by atoms with Gasteiger partial charge in [0.15, 0.2) is 5.16 Å². The highest BCUT2D eigenvalue weighted by Crippen LogP contribution is 2.24. The maximum absolute atomic E-state index is 12.3. The Morgan fingerprint density at radius 1 is 1.17 bits per heavy atom. The summed E-state index contributed by atoms with van der Waals surface area (Å²) in [5.41, 5.74) is 2.87. The van der Waals surface area contributed by atoms with E-state index < -0.39 is 0 Å². The summed E-state index contributed by atoms with van der Waals surface area (Å²) in [7, 11) is 0. The molecule has 1 aromatic carbocycles. The Morgan fingerprint density at radius 2 is 1.75 bits per heavy atom. The molecule has 2 rings (SSSR count). The summed E-state index contributed by atoms with van der Waals surface area (Å²) < 4.78 is 0. The number of hydrogen-bond acceptors (Lipinski definition) is 4. The number of thioether (sulfide) groups is 1. The summed E-state index contributed by atoms with van der Waals surface area (Å²) in [5.74, 6) is 0.536. The Labute approximate surface area is 152 Å². The molecule has 1 aromatic heterocycles. The summed E-state index contributed by atoms with van der Waals surface area (Å²) in [6.45, 7) is 8.02. The van der Waals surface area contributed by atoms with E-state index in [1.807, 2.05) is 44.2 Å². The van der Waals surface area contributed by atoms with Crippen molar-refractivity contribution in [2.45, 2.75) is 38.9 Å². The number of nitrogens with one attached hydrogen (secondary N) is 1. The number of aromatic nitrogens is 2. The van der Waals surface area contributed by atoms with E-state index in [9.17, 15) is 4.79 Å². The average molecular weight is 364 g/mol. The van der Waals surface area contributed by atoms with Crippen LogP contribution >= 0.6 is 23.4 Å². The maximum Gasteiger partial charge on any atom is 0.230 e. The lowest BCUT2D eigenvalue weighted by molar-refractivity contribution is -0.119. The first-order valence-electron chi connectivity index (χ1n) is 7.85. The fourth-order valence-corrected chi connectivity index (χ4v) is 3.29. The van der Waals surface area contributed by atoms with Gasteiger partial charge in [-0.3, -0.25) is 4.79 Å². The van der Waals surface area contributed by atoms with E-state index in [1.165, 1.54) is 11.8 Å². The highest BCUT2D eigenvalue weighted by atomic mass is 35.5. The van der Waals surface area contributed by atoms with Crippen LogP contribution in [-0.4, -0.2) is 21.6 Å². The SMILES string of the molecule is Cc1cc(C)nc(SCC(=O)NC(c2ccc(Cl)cc2)C(C)C)n1.